The Hall–Kier alpha value is -0.240. The molecule has 0 radical (unpaired) electrons. The van der Waals surface area contributed by atoms with Crippen LogP contribution in [0, 0.1) is 0 Å². The van der Waals surface area contributed by atoms with Crippen LogP contribution < -0.4 is 17.7 Å². The molecule has 0 aliphatic heterocycles. The molecule has 7 heavy (non-hydrogen) atoms. The largest absolute Gasteiger partial charge is 0.319 e. The van der Waals surface area contributed by atoms with Crippen LogP contribution in [0.15, 0.2) is 0 Å². The highest BCUT2D eigenvalue weighted by atomic mass is 17.0. The predicted molar refractivity (Wildman–Crippen MR) is 19.6 cm³/mol. The lowest BCUT2D eigenvalue weighted by molar-refractivity contribution is -0.296. The van der Waals surface area contributed by atoms with E-state index < -0.39 is 6.48 Å². The third kappa shape index (κ3) is 2.45. The lowest BCUT2D eigenvalue weighted by atomic mass is 11.3. The average Bonchev–Trinajstić information content (AvgIpc) is 1.72. The Morgan fingerprint density at radius 1 is 0.857 bits per heavy atom. The Labute approximate surface area is 40.0 Å². The normalized spacial score (nSPS) is 10.3. The fraction of sp³-hybridized carbons (Fsp3) is 1.00. The maximum absolute atomic E-state index is 4.48. The molecule has 44 valence electrons. The Morgan fingerprint density at radius 3 is 1.14 bits per heavy atom. The van der Waals surface area contributed by atoms with E-state index in [4.69, 9.17) is 0 Å². The third-order valence-corrected chi connectivity index (χ3v) is 0.333. The predicted octanol–water partition coefficient (Wildman–Crippen LogP) is -2.06. The van der Waals surface area contributed by atoms with Crippen LogP contribution in [0.1, 0.15) is 0 Å². The highest BCUT2D eigenvalue weighted by Gasteiger charge is 2.00. The lowest BCUT2D eigenvalue weighted by Crippen LogP contribution is -2.29. The molecule has 0 heterocycles. The summed E-state index contributed by atoms with van der Waals surface area (Å²) < 4.78 is 0. The summed E-state index contributed by atoms with van der Waals surface area (Å²) in [5, 5.41) is 0. The summed E-state index contributed by atoms with van der Waals surface area (Å²) in [5.41, 5.74) is 0. The molecular weight excluding hydrogens is 102 g/mol. The van der Waals surface area contributed by atoms with E-state index in [0.29, 0.717) is 0 Å². The first-order chi connectivity index (χ1) is 3.35. The maximum Gasteiger partial charge on any atom is 0.319 e. The van der Waals surface area contributed by atoms with Crippen LogP contribution in [0.2, 0.25) is 0 Å². The Bertz CT molecular complexity index is 31.7. The zero-order valence-corrected chi connectivity index (χ0v) is 3.53. The van der Waals surface area contributed by atoms with Gasteiger partial charge in [-0.3, -0.25) is 0 Å². The van der Waals surface area contributed by atoms with Crippen LogP contribution in [0.25, 0.3) is 0 Å². The van der Waals surface area contributed by atoms with Crippen LogP contribution in [-0.4, -0.2) is 6.48 Å². The van der Waals surface area contributed by atoms with E-state index in [1.807, 2.05) is 0 Å². The second-order valence-corrected chi connectivity index (χ2v) is 0.697. The van der Waals surface area contributed by atoms with Gasteiger partial charge in [-0.2, -0.15) is 0 Å². The van der Waals surface area contributed by atoms with E-state index in [1.165, 1.54) is 0 Å². The molecule has 0 unspecified atom stereocenters. The van der Waals surface area contributed by atoms with Crippen molar-refractivity contribution in [3.05, 3.63) is 0 Å². The zero-order chi connectivity index (χ0) is 5.70. The molecule has 0 spiro atoms. The van der Waals surface area contributed by atoms with E-state index in [2.05, 4.69) is 32.2 Å². The van der Waals surface area contributed by atoms with Crippen molar-refractivity contribution in [2.45, 2.75) is 6.48 Å². The van der Waals surface area contributed by atoms with Gasteiger partial charge in [0.2, 0.25) is 0 Å². The summed E-state index contributed by atoms with van der Waals surface area (Å²) in [6.07, 6.45) is 0. The van der Waals surface area contributed by atoms with Crippen molar-refractivity contribution < 1.29 is 14.5 Å². The summed E-state index contributed by atoms with van der Waals surface area (Å²) in [5.74, 6) is 13.5. The molecule has 0 saturated carbocycles. The summed E-state index contributed by atoms with van der Waals surface area (Å²) >= 11 is 0. The molecule has 0 amide bonds. The molecule has 6 nitrogen and oxygen atoms in total. The fourth-order valence-electron chi connectivity index (χ4n) is 0.0962. The van der Waals surface area contributed by atoms with E-state index in [9.17, 15) is 0 Å². The van der Waals surface area contributed by atoms with Gasteiger partial charge < -0.3 is 0 Å². The summed E-state index contributed by atoms with van der Waals surface area (Å²) in [6, 6.07) is 0. The van der Waals surface area contributed by atoms with E-state index in [0.717, 1.165) is 0 Å². The molecule has 0 fully saturated rings. The highest BCUT2D eigenvalue weighted by molar-refractivity contribution is 4.01. The van der Waals surface area contributed by atoms with Crippen molar-refractivity contribution in [2.75, 3.05) is 0 Å². The van der Waals surface area contributed by atoms with Crippen molar-refractivity contribution in [3.8, 4) is 0 Å². The minimum Gasteiger partial charge on any atom is -0.243 e. The van der Waals surface area contributed by atoms with Gasteiger partial charge in [0, 0.05) is 0 Å². The lowest BCUT2D eigenvalue weighted by Gasteiger charge is -2.05. The molecule has 6 heteroatoms. The first kappa shape index (κ1) is 6.76. The molecular formula is CH7N3O3. The van der Waals surface area contributed by atoms with Crippen LogP contribution in [0.4, 0.5) is 0 Å². The molecule has 0 aromatic rings. The highest BCUT2D eigenvalue weighted by Crippen LogP contribution is 1.79. The Kier molecular flexibility index (Phi) is 3.80. The standard InChI is InChI=1S/CH7N3O3/c2-5-1(6-3)7-4/h1H,2-4H2. The van der Waals surface area contributed by atoms with Crippen LogP contribution in [-0.2, 0) is 14.5 Å². The molecule has 0 saturated heterocycles. The van der Waals surface area contributed by atoms with Gasteiger partial charge in [0.1, 0.15) is 0 Å². The van der Waals surface area contributed by atoms with Gasteiger partial charge in [-0.25, -0.2) is 32.2 Å². The molecule has 0 aliphatic rings. The average molecular weight is 109 g/mol. The van der Waals surface area contributed by atoms with Crippen molar-refractivity contribution >= 4 is 0 Å². The van der Waals surface area contributed by atoms with E-state index >= 15 is 0 Å². The minimum absolute atomic E-state index is 1.18. The van der Waals surface area contributed by atoms with Crippen LogP contribution in [0.5, 0.6) is 0 Å². The zero-order valence-electron chi connectivity index (χ0n) is 3.53. The van der Waals surface area contributed by atoms with Gasteiger partial charge >= 0.3 is 6.48 Å². The molecule has 0 atom stereocenters. The second-order valence-electron chi connectivity index (χ2n) is 0.697. The van der Waals surface area contributed by atoms with Gasteiger partial charge in [-0.15, -0.1) is 0 Å². The molecule has 0 aromatic carbocycles. The van der Waals surface area contributed by atoms with Gasteiger partial charge in [0.15, 0.2) is 0 Å². The number of hydrogen-bond acceptors (Lipinski definition) is 6. The smallest absolute Gasteiger partial charge is 0.243 e. The van der Waals surface area contributed by atoms with Crippen molar-refractivity contribution in [2.24, 2.45) is 17.7 Å². The van der Waals surface area contributed by atoms with Crippen molar-refractivity contribution in [3.63, 3.8) is 0 Å². The summed E-state index contributed by atoms with van der Waals surface area (Å²) in [6.45, 7) is -1.18. The number of rotatable bonds is 3. The molecule has 0 bridgehead atoms. The monoisotopic (exact) mass is 109 g/mol. The number of hydrogen-bond donors (Lipinski definition) is 3. The second kappa shape index (κ2) is 3.93. The number of nitrogens with two attached hydrogens (primary N) is 3. The Morgan fingerprint density at radius 2 is 1.14 bits per heavy atom. The fourth-order valence-corrected chi connectivity index (χ4v) is 0.0962. The van der Waals surface area contributed by atoms with Crippen molar-refractivity contribution in [1.82, 2.24) is 0 Å². The molecule has 0 aromatic heterocycles. The molecule has 6 N–H and O–H groups in total. The third-order valence-electron chi connectivity index (χ3n) is 0.333. The SMILES string of the molecule is NOC(ON)ON. The van der Waals surface area contributed by atoms with E-state index in [-0.39, 0.29) is 0 Å². The molecule has 0 rings (SSSR count). The quantitative estimate of drug-likeness (QED) is 0.284. The maximum atomic E-state index is 4.48. The minimum atomic E-state index is -1.18. The van der Waals surface area contributed by atoms with Gasteiger partial charge in [0.25, 0.3) is 0 Å². The summed E-state index contributed by atoms with van der Waals surface area (Å²) in [7, 11) is 0. The Balaban J connectivity index is 2.99. The van der Waals surface area contributed by atoms with Crippen molar-refractivity contribution in [1.29, 1.82) is 0 Å². The topological polar surface area (TPSA) is 106 Å². The van der Waals surface area contributed by atoms with Gasteiger partial charge in [-0.1, -0.05) is 0 Å². The molecule has 0 aliphatic carbocycles. The van der Waals surface area contributed by atoms with Crippen LogP contribution in [0.3, 0.4) is 0 Å². The summed E-state index contributed by atoms with van der Waals surface area (Å²) in [4.78, 5) is 11.6. The first-order valence-corrected chi connectivity index (χ1v) is 1.41. The van der Waals surface area contributed by atoms with E-state index in [1.54, 1.807) is 0 Å². The first-order valence-electron chi connectivity index (χ1n) is 1.41. The van der Waals surface area contributed by atoms with Gasteiger partial charge in [-0.05, 0) is 0 Å². The van der Waals surface area contributed by atoms with Gasteiger partial charge in [0.05, 0.1) is 0 Å². The van der Waals surface area contributed by atoms with Crippen LogP contribution >= 0.6 is 0 Å².